The molecule has 0 saturated heterocycles. The summed E-state index contributed by atoms with van der Waals surface area (Å²) in [6, 6.07) is 52.2. The van der Waals surface area contributed by atoms with Gasteiger partial charge in [-0.15, -0.1) is 11.3 Å². The Bertz CT molecular complexity index is 2740. The Morgan fingerprint density at radius 3 is 1.98 bits per heavy atom. The zero-order valence-corrected chi connectivity index (χ0v) is 30.5. The van der Waals surface area contributed by atoms with E-state index in [4.69, 9.17) is 11.6 Å². The molecule has 0 saturated carbocycles. The topological polar surface area (TPSA) is 16.1 Å². The standard InChI is InChI=1S/C50H36N2S/c1-32-16-14-15-29-52(37-27-25-33(26-28-37)36-30-41(34-17-6-4-7-18-34)51-42(31-36)35-19-8-5-9-20-35)48-44(32)45-38-21-10-12-23-40(38)50(2,3)47(45)46-39-22-11-13-24-43(39)53-49(46)48/h4-31H,1H2,2-3H3/b16-14-,29-15-. The second kappa shape index (κ2) is 12.2. The third kappa shape index (κ3) is 4.96. The molecule has 0 bridgehead atoms. The Labute approximate surface area is 314 Å². The molecule has 0 spiro atoms. The van der Waals surface area contributed by atoms with Gasteiger partial charge in [-0.2, -0.15) is 0 Å². The van der Waals surface area contributed by atoms with E-state index in [0.29, 0.717) is 0 Å². The molecule has 2 aliphatic rings. The highest BCUT2D eigenvalue weighted by atomic mass is 32.1. The molecule has 2 nitrogen and oxygen atoms in total. The van der Waals surface area contributed by atoms with Crippen LogP contribution in [0, 0.1) is 0 Å². The van der Waals surface area contributed by atoms with Gasteiger partial charge >= 0.3 is 0 Å². The van der Waals surface area contributed by atoms with Crippen LogP contribution >= 0.6 is 11.3 Å². The predicted molar refractivity (Wildman–Crippen MR) is 227 cm³/mol. The minimum Gasteiger partial charge on any atom is -0.315 e. The lowest BCUT2D eigenvalue weighted by molar-refractivity contribution is 0.666. The van der Waals surface area contributed by atoms with Crippen LogP contribution in [0.15, 0.2) is 177 Å². The van der Waals surface area contributed by atoms with Crippen LogP contribution in [-0.4, -0.2) is 4.98 Å². The van der Waals surface area contributed by atoms with Crippen molar-refractivity contribution in [1.29, 1.82) is 0 Å². The normalized spacial score (nSPS) is 15.4. The Hall–Kier alpha value is -6.29. The van der Waals surface area contributed by atoms with Crippen molar-refractivity contribution in [1.82, 2.24) is 4.98 Å². The summed E-state index contributed by atoms with van der Waals surface area (Å²) in [5.74, 6) is 0. The summed E-state index contributed by atoms with van der Waals surface area (Å²) in [6.07, 6.45) is 8.63. The van der Waals surface area contributed by atoms with Crippen molar-refractivity contribution in [3.05, 3.63) is 193 Å². The molecule has 10 rings (SSSR count). The average molecular weight is 697 g/mol. The van der Waals surface area contributed by atoms with Crippen LogP contribution in [0.1, 0.15) is 30.5 Å². The average Bonchev–Trinajstić information content (AvgIpc) is 3.69. The summed E-state index contributed by atoms with van der Waals surface area (Å²) in [6.45, 7) is 9.49. The first-order chi connectivity index (χ1) is 26.0. The largest absolute Gasteiger partial charge is 0.315 e. The molecule has 3 heterocycles. The van der Waals surface area contributed by atoms with E-state index in [2.05, 4.69) is 177 Å². The van der Waals surface area contributed by atoms with Gasteiger partial charge in [0.05, 0.1) is 21.8 Å². The van der Waals surface area contributed by atoms with Crippen LogP contribution in [0.25, 0.3) is 70.5 Å². The van der Waals surface area contributed by atoms with Crippen molar-refractivity contribution < 1.29 is 0 Å². The number of allylic oxidation sites excluding steroid dienone is 4. The van der Waals surface area contributed by atoms with Crippen LogP contribution in [-0.2, 0) is 5.41 Å². The Kier molecular flexibility index (Phi) is 7.21. The fourth-order valence-electron chi connectivity index (χ4n) is 8.47. The second-order valence-electron chi connectivity index (χ2n) is 14.4. The van der Waals surface area contributed by atoms with Gasteiger partial charge in [0.2, 0.25) is 0 Å². The third-order valence-electron chi connectivity index (χ3n) is 10.9. The van der Waals surface area contributed by atoms with Crippen molar-refractivity contribution in [2.75, 3.05) is 4.90 Å². The highest BCUT2D eigenvalue weighted by molar-refractivity contribution is 7.26. The van der Waals surface area contributed by atoms with E-state index in [0.717, 1.165) is 44.9 Å². The van der Waals surface area contributed by atoms with Crippen LogP contribution in [0.2, 0.25) is 0 Å². The maximum atomic E-state index is 5.11. The summed E-state index contributed by atoms with van der Waals surface area (Å²) >= 11 is 1.89. The van der Waals surface area contributed by atoms with Gasteiger partial charge in [0.15, 0.2) is 0 Å². The molecule has 0 N–H and O–H groups in total. The molecule has 6 aromatic carbocycles. The van der Waals surface area contributed by atoms with E-state index >= 15 is 0 Å². The van der Waals surface area contributed by atoms with Crippen LogP contribution < -0.4 is 4.90 Å². The number of anilines is 2. The highest BCUT2D eigenvalue weighted by Crippen LogP contribution is 2.60. The molecule has 1 aliphatic carbocycles. The number of aromatic nitrogens is 1. The van der Waals surface area contributed by atoms with Gasteiger partial charge in [-0.05, 0) is 75.4 Å². The van der Waals surface area contributed by atoms with Crippen molar-refractivity contribution in [2.24, 2.45) is 0 Å². The molecule has 2 aromatic heterocycles. The molecule has 3 heteroatoms. The van der Waals surface area contributed by atoms with Gasteiger partial charge in [0, 0.05) is 49.5 Å². The number of hydrogen-bond acceptors (Lipinski definition) is 3. The van der Waals surface area contributed by atoms with Gasteiger partial charge in [0.1, 0.15) is 0 Å². The molecular weight excluding hydrogens is 661 g/mol. The molecule has 8 aromatic rings. The van der Waals surface area contributed by atoms with Crippen molar-refractivity contribution in [3.63, 3.8) is 0 Å². The first-order valence-electron chi connectivity index (χ1n) is 18.2. The first-order valence-corrected chi connectivity index (χ1v) is 19.0. The van der Waals surface area contributed by atoms with Crippen LogP contribution in [0.5, 0.6) is 0 Å². The minimum absolute atomic E-state index is 0.167. The monoisotopic (exact) mass is 696 g/mol. The molecule has 0 atom stereocenters. The van der Waals surface area contributed by atoms with Gasteiger partial charge in [0.25, 0.3) is 0 Å². The minimum atomic E-state index is -0.167. The quantitative estimate of drug-likeness (QED) is 0.182. The van der Waals surface area contributed by atoms with E-state index in [1.165, 1.54) is 53.7 Å². The SMILES string of the molecule is C=C1/C=C\C=C/N(c2ccc(-c3cc(-c4ccccc4)nc(-c4ccccc4)c3)cc2)c2c1c1c(c3c2sc2ccccc23)C(C)(C)c2ccccc2-1. The van der Waals surface area contributed by atoms with Gasteiger partial charge in [-0.25, -0.2) is 4.98 Å². The number of benzene rings is 6. The second-order valence-corrected chi connectivity index (χ2v) is 15.5. The fraction of sp³-hybridized carbons (Fsp3) is 0.0600. The summed E-state index contributed by atoms with van der Waals surface area (Å²) in [7, 11) is 0. The highest BCUT2D eigenvalue weighted by Gasteiger charge is 2.41. The molecule has 53 heavy (non-hydrogen) atoms. The number of hydrogen-bond donors (Lipinski definition) is 0. The lowest BCUT2D eigenvalue weighted by Gasteiger charge is -2.30. The van der Waals surface area contributed by atoms with Crippen molar-refractivity contribution in [2.45, 2.75) is 19.3 Å². The lowest BCUT2D eigenvalue weighted by atomic mass is 9.79. The fourth-order valence-corrected chi connectivity index (χ4v) is 9.72. The third-order valence-corrected chi connectivity index (χ3v) is 12.1. The summed E-state index contributed by atoms with van der Waals surface area (Å²) in [5.41, 5.74) is 16.1. The maximum Gasteiger partial charge on any atom is 0.0719 e. The maximum absolute atomic E-state index is 5.11. The molecule has 0 fully saturated rings. The van der Waals surface area contributed by atoms with Crippen molar-refractivity contribution in [3.8, 4) is 44.8 Å². The summed E-state index contributed by atoms with van der Waals surface area (Å²) < 4.78 is 2.59. The zero-order valence-electron chi connectivity index (χ0n) is 29.7. The predicted octanol–water partition coefficient (Wildman–Crippen LogP) is 14.0. The smallest absolute Gasteiger partial charge is 0.0719 e. The van der Waals surface area contributed by atoms with E-state index in [1.807, 2.05) is 23.5 Å². The molecule has 0 radical (unpaired) electrons. The van der Waals surface area contributed by atoms with Crippen LogP contribution in [0.4, 0.5) is 11.4 Å². The zero-order chi connectivity index (χ0) is 35.7. The van der Waals surface area contributed by atoms with E-state index in [1.54, 1.807) is 0 Å². The molecule has 252 valence electrons. The molecule has 1 aliphatic heterocycles. The number of thiophene rings is 1. The van der Waals surface area contributed by atoms with Crippen molar-refractivity contribution >= 4 is 48.5 Å². The van der Waals surface area contributed by atoms with E-state index in [9.17, 15) is 0 Å². The van der Waals surface area contributed by atoms with Gasteiger partial charge in [-0.1, -0.05) is 148 Å². The van der Waals surface area contributed by atoms with Gasteiger partial charge in [-0.3, -0.25) is 0 Å². The van der Waals surface area contributed by atoms with E-state index < -0.39 is 0 Å². The summed E-state index contributed by atoms with van der Waals surface area (Å²) in [5, 5.41) is 2.67. The number of nitrogens with zero attached hydrogens (tertiary/aromatic N) is 2. The van der Waals surface area contributed by atoms with Crippen LogP contribution in [0.3, 0.4) is 0 Å². The molecule has 0 unspecified atom stereocenters. The summed E-state index contributed by atoms with van der Waals surface area (Å²) in [4.78, 5) is 7.50. The Morgan fingerprint density at radius 2 is 1.26 bits per heavy atom. The van der Waals surface area contributed by atoms with Gasteiger partial charge < -0.3 is 4.90 Å². The number of fused-ring (bicyclic) bond motifs is 10. The number of rotatable bonds is 4. The molecular formula is C50H36N2S. The van der Waals surface area contributed by atoms with E-state index in [-0.39, 0.29) is 5.41 Å². The molecule has 0 amide bonds. The Morgan fingerprint density at radius 1 is 0.623 bits per heavy atom. The Balaban J connectivity index is 1.19. The lowest BCUT2D eigenvalue weighted by Crippen LogP contribution is -2.17. The first kappa shape index (κ1) is 31.4. The number of pyridine rings is 1.